The molecular formula is C12H20FN. The van der Waals surface area contributed by atoms with Gasteiger partial charge in [0.15, 0.2) is 0 Å². The Morgan fingerprint density at radius 1 is 1.57 bits per heavy atom. The summed E-state index contributed by atoms with van der Waals surface area (Å²) in [5, 5.41) is 0. The summed E-state index contributed by atoms with van der Waals surface area (Å²) in [6.45, 7) is 8.08. The Labute approximate surface area is 86.3 Å². The summed E-state index contributed by atoms with van der Waals surface area (Å²) in [5.41, 5.74) is 5.60. The van der Waals surface area contributed by atoms with Crippen molar-refractivity contribution < 1.29 is 4.39 Å². The predicted octanol–water partition coefficient (Wildman–Crippen LogP) is 2.50. The molecule has 80 valence electrons. The van der Waals surface area contributed by atoms with Crippen LogP contribution in [0.5, 0.6) is 0 Å². The molecule has 0 bridgehead atoms. The molecule has 2 N–H and O–H groups in total. The van der Waals surface area contributed by atoms with E-state index in [-0.39, 0.29) is 16.9 Å². The van der Waals surface area contributed by atoms with E-state index in [2.05, 4.69) is 32.6 Å². The summed E-state index contributed by atoms with van der Waals surface area (Å²) in [7, 11) is 0. The zero-order valence-corrected chi connectivity index (χ0v) is 9.52. The first-order valence-corrected chi connectivity index (χ1v) is 5.15. The van der Waals surface area contributed by atoms with E-state index in [1.165, 1.54) is 0 Å². The van der Waals surface area contributed by atoms with E-state index in [4.69, 9.17) is 5.73 Å². The fraction of sp³-hybridized carbons (Fsp3) is 0.833. The third-order valence-corrected chi connectivity index (χ3v) is 2.81. The fourth-order valence-electron chi connectivity index (χ4n) is 1.37. The summed E-state index contributed by atoms with van der Waals surface area (Å²) in [6, 6.07) is -0.118. The Morgan fingerprint density at radius 2 is 2.07 bits per heavy atom. The van der Waals surface area contributed by atoms with Crippen molar-refractivity contribution in [3.8, 4) is 11.8 Å². The Kier molecular flexibility index (Phi) is 2.92. The molecule has 1 nitrogen and oxygen atoms in total. The van der Waals surface area contributed by atoms with E-state index in [0.717, 1.165) is 0 Å². The molecule has 0 aromatic rings. The van der Waals surface area contributed by atoms with Gasteiger partial charge in [-0.15, -0.1) is 5.92 Å². The highest BCUT2D eigenvalue weighted by atomic mass is 19.1. The van der Waals surface area contributed by atoms with Crippen molar-refractivity contribution in [1.29, 1.82) is 0 Å². The van der Waals surface area contributed by atoms with E-state index in [1.54, 1.807) is 0 Å². The highest BCUT2D eigenvalue weighted by Gasteiger charge is 2.54. The number of rotatable bonds is 2. The number of alkyl halides is 1. The van der Waals surface area contributed by atoms with E-state index in [1.807, 2.05) is 6.92 Å². The highest BCUT2D eigenvalue weighted by molar-refractivity contribution is 5.13. The SMILES string of the molecule is CC(C)(C)C#CCC(N)C1(C)CC1F. The molecule has 1 saturated carbocycles. The molecule has 1 rings (SSSR count). The normalized spacial score (nSPS) is 33.1. The maximum atomic E-state index is 12.9. The van der Waals surface area contributed by atoms with Crippen molar-refractivity contribution in [1.82, 2.24) is 0 Å². The quantitative estimate of drug-likeness (QED) is 0.676. The van der Waals surface area contributed by atoms with Crippen molar-refractivity contribution in [2.75, 3.05) is 0 Å². The molecule has 1 aliphatic rings. The maximum absolute atomic E-state index is 12.9. The summed E-state index contributed by atoms with van der Waals surface area (Å²) in [6.07, 6.45) is 0.494. The molecule has 3 atom stereocenters. The molecule has 0 aromatic carbocycles. The van der Waals surface area contributed by atoms with Crippen molar-refractivity contribution >= 4 is 0 Å². The monoisotopic (exact) mass is 197 g/mol. The molecule has 0 heterocycles. The second-order valence-corrected chi connectivity index (χ2v) is 5.54. The van der Waals surface area contributed by atoms with Crippen LogP contribution in [-0.2, 0) is 0 Å². The second kappa shape index (κ2) is 3.55. The van der Waals surface area contributed by atoms with Crippen LogP contribution in [0.25, 0.3) is 0 Å². The first-order valence-electron chi connectivity index (χ1n) is 5.15. The van der Waals surface area contributed by atoms with Gasteiger partial charge < -0.3 is 5.73 Å². The van der Waals surface area contributed by atoms with E-state index in [9.17, 15) is 4.39 Å². The third kappa shape index (κ3) is 2.72. The lowest BCUT2D eigenvalue weighted by molar-refractivity contribution is 0.330. The standard InChI is InChI=1S/C12H20FN/c1-11(2,3)7-5-6-10(14)12(4)8-9(12)13/h9-10H,6,8,14H2,1-4H3. The Balaban J connectivity index is 2.42. The molecule has 2 heteroatoms. The average Bonchev–Trinajstić information content (AvgIpc) is 2.58. The minimum absolute atomic E-state index is 0.0132. The van der Waals surface area contributed by atoms with Gasteiger partial charge in [-0.05, 0) is 27.2 Å². The van der Waals surface area contributed by atoms with Crippen LogP contribution in [0.15, 0.2) is 0 Å². The van der Waals surface area contributed by atoms with Crippen molar-refractivity contribution in [3.05, 3.63) is 0 Å². The zero-order valence-electron chi connectivity index (χ0n) is 9.52. The molecule has 0 spiro atoms. The van der Waals surface area contributed by atoms with Crippen LogP contribution in [0.4, 0.5) is 4.39 Å². The summed E-state index contributed by atoms with van der Waals surface area (Å²) in [4.78, 5) is 0. The van der Waals surface area contributed by atoms with Crippen LogP contribution in [0.3, 0.4) is 0 Å². The van der Waals surface area contributed by atoms with Gasteiger partial charge in [0.2, 0.25) is 0 Å². The molecule has 3 unspecified atom stereocenters. The van der Waals surface area contributed by atoms with Gasteiger partial charge in [-0.3, -0.25) is 0 Å². The van der Waals surface area contributed by atoms with Crippen molar-refractivity contribution in [2.24, 2.45) is 16.6 Å². The summed E-state index contributed by atoms with van der Waals surface area (Å²) >= 11 is 0. The molecule has 0 aromatic heterocycles. The van der Waals surface area contributed by atoms with Crippen molar-refractivity contribution in [2.45, 2.75) is 52.8 Å². The van der Waals surface area contributed by atoms with Gasteiger partial charge in [0, 0.05) is 23.3 Å². The van der Waals surface area contributed by atoms with Gasteiger partial charge in [-0.2, -0.15) is 0 Å². The van der Waals surface area contributed by atoms with Gasteiger partial charge in [0.25, 0.3) is 0 Å². The number of hydrogen-bond acceptors (Lipinski definition) is 1. The second-order valence-electron chi connectivity index (χ2n) is 5.54. The van der Waals surface area contributed by atoms with Crippen LogP contribution in [0, 0.1) is 22.7 Å². The summed E-state index contributed by atoms with van der Waals surface area (Å²) < 4.78 is 12.9. The molecule has 0 radical (unpaired) electrons. The van der Waals surface area contributed by atoms with Crippen LogP contribution in [0.2, 0.25) is 0 Å². The largest absolute Gasteiger partial charge is 0.326 e. The summed E-state index contributed by atoms with van der Waals surface area (Å²) in [5.74, 6) is 6.17. The predicted molar refractivity (Wildman–Crippen MR) is 57.4 cm³/mol. The minimum atomic E-state index is -0.714. The van der Waals surface area contributed by atoms with Gasteiger partial charge in [-0.25, -0.2) is 4.39 Å². The van der Waals surface area contributed by atoms with Gasteiger partial charge in [0.05, 0.1) is 0 Å². The first kappa shape index (κ1) is 11.5. The Hall–Kier alpha value is -0.550. The number of halogens is 1. The first-order chi connectivity index (χ1) is 6.26. The van der Waals surface area contributed by atoms with Gasteiger partial charge >= 0.3 is 0 Å². The third-order valence-electron chi connectivity index (χ3n) is 2.81. The Bertz CT molecular complexity index is 268. The number of nitrogens with two attached hydrogens (primary N) is 1. The van der Waals surface area contributed by atoms with E-state index < -0.39 is 6.17 Å². The lowest BCUT2D eigenvalue weighted by Gasteiger charge is -2.16. The molecule has 0 saturated heterocycles. The molecule has 1 aliphatic carbocycles. The van der Waals surface area contributed by atoms with Crippen LogP contribution < -0.4 is 5.73 Å². The van der Waals surface area contributed by atoms with E-state index >= 15 is 0 Å². The van der Waals surface area contributed by atoms with E-state index in [0.29, 0.717) is 12.8 Å². The molecular weight excluding hydrogens is 177 g/mol. The fourth-order valence-corrected chi connectivity index (χ4v) is 1.37. The Morgan fingerprint density at radius 3 is 2.43 bits per heavy atom. The van der Waals surface area contributed by atoms with Crippen molar-refractivity contribution in [3.63, 3.8) is 0 Å². The molecule has 1 fully saturated rings. The van der Waals surface area contributed by atoms with Gasteiger partial charge in [-0.1, -0.05) is 12.8 Å². The highest BCUT2D eigenvalue weighted by Crippen LogP contribution is 2.50. The lowest BCUT2D eigenvalue weighted by Crippen LogP contribution is -2.31. The van der Waals surface area contributed by atoms with Crippen LogP contribution in [-0.4, -0.2) is 12.2 Å². The van der Waals surface area contributed by atoms with Crippen LogP contribution in [0.1, 0.15) is 40.5 Å². The molecule has 0 aliphatic heterocycles. The van der Waals surface area contributed by atoms with Gasteiger partial charge in [0.1, 0.15) is 6.17 Å². The topological polar surface area (TPSA) is 26.0 Å². The minimum Gasteiger partial charge on any atom is -0.326 e. The smallest absolute Gasteiger partial charge is 0.108 e. The molecule has 0 amide bonds. The zero-order chi connectivity index (χ0) is 11.0. The lowest BCUT2D eigenvalue weighted by atomic mass is 9.94. The number of hydrogen-bond donors (Lipinski definition) is 1. The van der Waals surface area contributed by atoms with Crippen LogP contribution >= 0.6 is 0 Å². The maximum Gasteiger partial charge on any atom is 0.108 e. The average molecular weight is 197 g/mol. The molecule has 14 heavy (non-hydrogen) atoms.